The number of fused-ring (bicyclic) bond motifs is 1. The third-order valence-corrected chi connectivity index (χ3v) is 3.34. The molecule has 0 N–H and O–H groups in total. The molecule has 21 heavy (non-hydrogen) atoms. The van der Waals surface area contributed by atoms with Crippen molar-refractivity contribution in [1.29, 1.82) is 0 Å². The van der Waals surface area contributed by atoms with Crippen molar-refractivity contribution < 1.29 is 9.53 Å². The summed E-state index contributed by atoms with van der Waals surface area (Å²) in [5, 5.41) is 5.34. The zero-order chi connectivity index (χ0) is 14.8. The van der Waals surface area contributed by atoms with Gasteiger partial charge in [-0.2, -0.15) is 5.10 Å². The number of hydrogen-bond donors (Lipinski definition) is 0. The maximum Gasteiger partial charge on any atom is 0.337 e. The van der Waals surface area contributed by atoms with Gasteiger partial charge in [-0.15, -0.1) is 0 Å². The van der Waals surface area contributed by atoms with Gasteiger partial charge in [-0.3, -0.25) is 4.68 Å². The lowest BCUT2D eigenvalue weighted by Crippen LogP contribution is -2.00. The average Bonchev–Trinajstić information content (AvgIpc) is 3.02. The molecule has 0 aliphatic carbocycles. The quantitative estimate of drug-likeness (QED) is 0.693. The Labute approximate surface area is 122 Å². The van der Waals surface area contributed by atoms with Gasteiger partial charge in [-0.25, -0.2) is 9.78 Å². The number of nitrogens with zero attached hydrogens (tertiary/aromatic N) is 3. The van der Waals surface area contributed by atoms with Crippen LogP contribution in [-0.4, -0.2) is 27.8 Å². The van der Waals surface area contributed by atoms with Gasteiger partial charge >= 0.3 is 5.97 Å². The van der Waals surface area contributed by atoms with E-state index in [0.717, 1.165) is 28.8 Å². The fourth-order valence-electron chi connectivity index (χ4n) is 2.19. The maximum atomic E-state index is 11.5. The van der Waals surface area contributed by atoms with Crippen molar-refractivity contribution in [2.45, 2.75) is 13.5 Å². The standard InChI is InChI=1S/C16H15N3O2/c1-3-19-9-8-15(18-19)14-7-4-11-10-12(16(20)21-2)5-6-13(11)17-14/h4-10H,3H2,1-2H3. The molecule has 5 heteroatoms. The van der Waals surface area contributed by atoms with Gasteiger partial charge in [0.05, 0.1) is 23.9 Å². The fraction of sp³-hybridized carbons (Fsp3) is 0.188. The van der Waals surface area contributed by atoms with E-state index in [9.17, 15) is 4.79 Å². The molecule has 2 aromatic heterocycles. The Balaban J connectivity index is 2.02. The molecule has 0 spiro atoms. The van der Waals surface area contributed by atoms with E-state index in [0.29, 0.717) is 5.56 Å². The summed E-state index contributed by atoms with van der Waals surface area (Å²) < 4.78 is 6.58. The molecule has 0 aliphatic heterocycles. The van der Waals surface area contributed by atoms with Crippen molar-refractivity contribution in [2.75, 3.05) is 7.11 Å². The molecule has 5 nitrogen and oxygen atoms in total. The van der Waals surface area contributed by atoms with E-state index in [1.54, 1.807) is 12.1 Å². The Morgan fingerprint density at radius 2 is 2.05 bits per heavy atom. The van der Waals surface area contributed by atoms with E-state index in [2.05, 4.69) is 10.1 Å². The van der Waals surface area contributed by atoms with Gasteiger partial charge in [0.1, 0.15) is 5.69 Å². The first-order valence-electron chi connectivity index (χ1n) is 6.74. The monoisotopic (exact) mass is 281 g/mol. The second-order valence-electron chi connectivity index (χ2n) is 4.65. The van der Waals surface area contributed by atoms with Crippen LogP contribution in [-0.2, 0) is 11.3 Å². The molecule has 3 rings (SSSR count). The van der Waals surface area contributed by atoms with Crippen LogP contribution in [0.2, 0.25) is 0 Å². The molecule has 0 aliphatic rings. The predicted octanol–water partition coefficient (Wildman–Crippen LogP) is 2.90. The highest BCUT2D eigenvalue weighted by Gasteiger charge is 2.08. The molecule has 0 atom stereocenters. The average molecular weight is 281 g/mol. The summed E-state index contributed by atoms with van der Waals surface area (Å²) in [4.78, 5) is 16.1. The molecule has 0 radical (unpaired) electrons. The van der Waals surface area contributed by atoms with Crippen molar-refractivity contribution in [3.63, 3.8) is 0 Å². The molecule has 2 heterocycles. The van der Waals surface area contributed by atoms with E-state index >= 15 is 0 Å². The van der Waals surface area contributed by atoms with Crippen molar-refractivity contribution in [3.8, 4) is 11.4 Å². The van der Waals surface area contributed by atoms with Gasteiger partial charge in [0.25, 0.3) is 0 Å². The number of aromatic nitrogens is 3. The van der Waals surface area contributed by atoms with E-state index in [-0.39, 0.29) is 5.97 Å². The molecule has 0 saturated carbocycles. The minimum Gasteiger partial charge on any atom is -0.465 e. The highest BCUT2D eigenvalue weighted by molar-refractivity contribution is 5.94. The third-order valence-electron chi connectivity index (χ3n) is 3.34. The van der Waals surface area contributed by atoms with E-state index in [1.807, 2.05) is 42.1 Å². The largest absolute Gasteiger partial charge is 0.465 e. The number of aryl methyl sites for hydroxylation is 1. The molecule has 1 aromatic carbocycles. The van der Waals surface area contributed by atoms with Crippen molar-refractivity contribution in [3.05, 3.63) is 48.2 Å². The molecule has 106 valence electrons. The molecule has 0 fully saturated rings. The van der Waals surface area contributed by atoms with Crippen molar-refractivity contribution in [2.24, 2.45) is 0 Å². The summed E-state index contributed by atoms with van der Waals surface area (Å²) >= 11 is 0. The normalized spacial score (nSPS) is 10.8. The summed E-state index contributed by atoms with van der Waals surface area (Å²) in [6.45, 7) is 2.87. The number of pyridine rings is 1. The molecule has 0 unspecified atom stereocenters. The van der Waals surface area contributed by atoms with E-state index < -0.39 is 0 Å². The molecular formula is C16H15N3O2. The topological polar surface area (TPSA) is 57.0 Å². The first kappa shape index (κ1) is 13.3. The summed E-state index contributed by atoms with van der Waals surface area (Å²) in [6, 6.07) is 11.1. The van der Waals surface area contributed by atoms with Gasteiger partial charge in [-0.05, 0) is 37.3 Å². The Morgan fingerprint density at radius 3 is 2.76 bits per heavy atom. The molecular weight excluding hydrogens is 266 g/mol. The minimum absolute atomic E-state index is 0.345. The van der Waals surface area contributed by atoms with Crippen molar-refractivity contribution >= 4 is 16.9 Å². The Morgan fingerprint density at radius 1 is 1.19 bits per heavy atom. The lowest BCUT2D eigenvalue weighted by molar-refractivity contribution is 0.0601. The van der Waals surface area contributed by atoms with Gasteiger partial charge in [0.15, 0.2) is 0 Å². The molecule has 0 amide bonds. The highest BCUT2D eigenvalue weighted by atomic mass is 16.5. The predicted molar refractivity (Wildman–Crippen MR) is 80.0 cm³/mol. The number of ether oxygens (including phenoxy) is 1. The van der Waals surface area contributed by atoms with Crippen LogP contribution in [0.15, 0.2) is 42.6 Å². The lowest BCUT2D eigenvalue weighted by Gasteiger charge is -2.03. The number of benzene rings is 1. The van der Waals surface area contributed by atoms with Crippen molar-refractivity contribution in [1.82, 2.24) is 14.8 Å². The summed E-state index contributed by atoms with van der Waals surface area (Å²) in [6.07, 6.45) is 1.93. The Kier molecular flexibility index (Phi) is 3.39. The first-order chi connectivity index (χ1) is 10.2. The summed E-state index contributed by atoms with van der Waals surface area (Å²) in [5.74, 6) is -0.345. The van der Waals surface area contributed by atoms with Gasteiger partial charge in [0.2, 0.25) is 0 Å². The number of rotatable bonds is 3. The second-order valence-corrected chi connectivity index (χ2v) is 4.65. The van der Waals surface area contributed by atoms with Crippen LogP contribution in [0.3, 0.4) is 0 Å². The highest BCUT2D eigenvalue weighted by Crippen LogP contribution is 2.20. The van der Waals surface area contributed by atoms with Gasteiger partial charge in [0, 0.05) is 18.1 Å². The van der Waals surface area contributed by atoms with Crippen LogP contribution in [0.1, 0.15) is 17.3 Å². The number of carbonyl (C=O) groups excluding carboxylic acids is 1. The minimum atomic E-state index is -0.345. The van der Waals surface area contributed by atoms with E-state index in [1.165, 1.54) is 7.11 Å². The van der Waals surface area contributed by atoms with E-state index in [4.69, 9.17) is 4.74 Å². The first-order valence-corrected chi connectivity index (χ1v) is 6.74. The summed E-state index contributed by atoms with van der Waals surface area (Å²) in [7, 11) is 1.37. The summed E-state index contributed by atoms with van der Waals surface area (Å²) in [5.41, 5.74) is 3.01. The van der Waals surface area contributed by atoms with Gasteiger partial charge < -0.3 is 4.74 Å². The molecule has 0 bridgehead atoms. The number of esters is 1. The molecule has 3 aromatic rings. The number of carbonyl (C=O) groups is 1. The fourth-order valence-corrected chi connectivity index (χ4v) is 2.19. The Hall–Kier alpha value is -2.69. The lowest BCUT2D eigenvalue weighted by atomic mass is 10.1. The van der Waals surface area contributed by atoms with Crippen LogP contribution < -0.4 is 0 Å². The van der Waals surface area contributed by atoms with Crippen LogP contribution in [0.5, 0.6) is 0 Å². The smallest absolute Gasteiger partial charge is 0.337 e. The second kappa shape index (κ2) is 5.36. The van der Waals surface area contributed by atoms with Crippen LogP contribution in [0.4, 0.5) is 0 Å². The SMILES string of the molecule is CCn1ccc(-c2ccc3cc(C(=O)OC)ccc3n2)n1. The zero-order valence-corrected chi connectivity index (χ0v) is 11.9. The number of hydrogen-bond acceptors (Lipinski definition) is 4. The van der Waals surface area contributed by atoms with Crippen LogP contribution in [0, 0.1) is 0 Å². The van der Waals surface area contributed by atoms with Crippen LogP contribution >= 0.6 is 0 Å². The van der Waals surface area contributed by atoms with Gasteiger partial charge in [-0.1, -0.05) is 6.07 Å². The zero-order valence-electron chi connectivity index (χ0n) is 11.9. The van der Waals surface area contributed by atoms with Crippen LogP contribution in [0.25, 0.3) is 22.3 Å². The Bertz CT molecular complexity index is 808. The maximum absolute atomic E-state index is 11.5. The third kappa shape index (κ3) is 2.50. The number of methoxy groups -OCH3 is 1. The molecule has 0 saturated heterocycles.